The second-order valence-electron chi connectivity index (χ2n) is 13.1. The first-order valence-corrected chi connectivity index (χ1v) is 14.7. The predicted octanol–water partition coefficient (Wildman–Crippen LogP) is 7.65. The van der Waals surface area contributed by atoms with Gasteiger partial charge in [-0.1, -0.05) is 36.4 Å². The van der Waals surface area contributed by atoms with Crippen LogP contribution >= 0.6 is 0 Å². The van der Waals surface area contributed by atoms with Crippen LogP contribution in [0.2, 0.25) is 0 Å². The molecule has 0 aliphatic carbocycles. The number of hydrogen-bond donors (Lipinski definition) is 0. The van der Waals surface area contributed by atoms with E-state index < -0.39 is 23.0 Å². The molecule has 0 aliphatic heterocycles. The van der Waals surface area contributed by atoms with Gasteiger partial charge >= 0.3 is 18.1 Å². The van der Waals surface area contributed by atoms with Gasteiger partial charge in [0.2, 0.25) is 0 Å². The van der Waals surface area contributed by atoms with Gasteiger partial charge in [0.1, 0.15) is 41.4 Å². The lowest BCUT2D eigenvalue weighted by Gasteiger charge is -2.19. The Morgan fingerprint density at radius 3 is 1.30 bits per heavy atom. The Morgan fingerprint density at radius 1 is 0.532 bits per heavy atom. The SMILES string of the molecule is CC(C)(C)OC(=O)Cc1ccc(C=O)cc1.CC(C)(C)OC(=O)Oc1ccc(C=O)cc1.CC(C)(C)OC(=O)c1ccc(C=O)cc1. The van der Waals surface area contributed by atoms with Crippen molar-refractivity contribution in [2.45, 2.75) is 85.5 Å². The molecule has 0 saturated carbocycles. The highest BCUT2D eigenvalue weighted by molar-refractivity contribution is 5.90. The van der Waals surface area contributed by atoms with Gasteiger partial charge in [0.05, 0.1) is 12.0 Å². The Bertz CT molecular complexity index is 1390. The van der Waals surface area contributed by atoms with Crippen LogP contribution in [0.15, 0.2) is 72.8 Å². The van der Waals surface area contributed by atoms with Crippen LogP contribution in [-0.2, 0) is 25.4 Å². The molecule has 0 radical (unpaired) electrons. The zero-order valence-corrected chi connectivity index (χ0v) is 28.4. The smallest absolute Gasteiger partial charge is 0.460 e. The summed E-state index contributed by atoms with van der Waals surface area (Å²) in [4.78, 5) is 65.5. The molecule has 3 aromatic carbocycles. The van der Waals surface area contributed by atoms with Gasteiger partial charge in [0.25, 0.3) is 0 Å². The Kier molecular flexibility index (Phi) is 15.4. The van der Waals surface area contributed by atoms with Crippen molar-refractivity contribution >= 4 is 37.0 Å². The Balaban J connectivity index is 0.000000353. The first kappa shape index (κ1) is 39.9. The molecule has 3 aromatic rings. The van der Waals surface area contributed by atoms with Crippen molar-refractivity contribution in [1.82, 2.24) is 0 Å². The monoisotopic (exact) mass is 648 g/mol. The number of benzene rings is 3. The first-order chi connectivity index (χ1) is 21.7. The van der Waals surface area contributed by atoms with Gasteiger partial charge in [-0.15, -0.1) is 0 Å². The summed E-state index contributed by atoms with van der Waals surface area (Å²) in [5.41, 5.74) is 1.43. The molecule has 10 heteroatoms. The maximum atomic E-state index is 11.5. The standard InChI is InChI=1S/C13H16O3.C12H14O4.C12H14O3/c1-13(2,3)16-12(15)8-10-4-6-11(9-14)7-5-10;1-12(2,3)16-11(14)15-10-6-4-9(8-13)5-7-10;1-12(2,3)15-11(14)10-6-4-9(8-13)5-7-10/h4-7,9H,8H2,1-3H3;4-8H,1-3H3;4-8H,1-3H3. The highest BCUT2D eigenvalue weighted by atomic mass is 16.7. The van der Waals surface area contributed by atoms with Crippen molar-refractivity contribution in [3.8, 4) is 5.75 Å². The normalized spacial score (nSPS) is 10.8. The minimum absolute atomic E-state index is 0.233. The minimum Gasteiger partial charge on any atom is -0.460 e. The van der Waals surface area contributed by atoms with Crippen LogP contribution in [0.1, 0.15) is 109 Å². The van der Waals surface area contributed by atoms with Crippen LogP contribution in [0.4, 0.5) is 4.79 Å². The average Bonchev–Trinajstić information content (AvgIpc) is 2.96. The summed E-state index contributed by atoms with van der Waals surface area (Å²) in [6, 6.07) is 19.4. The van der Waals surface area contributed by atoms with Crippen molar-refractivity contribution in [2.24, 2.45) is 0 Å². The molecule has 10 nitrogen and oxygen atoms in total. The molecule has 252 valence electrons. The molecule has 0 heterocycles. The summed E-state index contributed by atoms with van der Waals surface area (Å²) in [6.07, 6.45) is 1.70. The van der Waals surface area contributed by atoms with Crippen LogP contribution in [0, 0.1) is 0 Å². The molecule has 0 fully saturated rings. The van der Waals surface area contributed by atoms with E-state index in [0.717, 1.165) is 24.4 Å². The number of esters is 2. The topological polar surface area (TPSA) is 139 Å². The first-order valence-electron chi connectivity index (χ1n) is 14.7. The average molecular weight is 649 g/mol. The van der Waals surface area contributed by atoms with E-state index in [1.807, 2.05) is 41.5 Å². The number of ether oxygens (including phenoxy) is 4. The van der Waals surface area contributed by atoms with Crippen LogP contribution < -0.4 is 4.74 Å². The van der Waals surface area contributed by atoms with Crippen LogP contribution in [0.25, 0.3) is 0 Å². The molecular weight excluding hydrogens is 604 g/mol. The second kappa shape index (κ2) is 18.1. The molecule has 0 bridgehead atoms. The molecule has 3 rings (SSSR count). The maximum absolute atomic E-state index is 11.5. The maximum Gasteiger partial charge on any atom is 0.514 e. The number of hydrogen-bond acceptors (Lipinski definition) is 10. The van der Waals surface area contributed by atoms with Gasteiger partial charge in [-0.25, -0.2) is 9.59 Å². The van der Waals surface area contributed by atoms with Gasteiger partial charge in [-0.3, -0.25) is 19.2 Å². The largest absolute Gasteiger partial charge is 0.514 e. The van der Waals surface area contributed by atoms with E-state index in [1.165, 1.54) is 12.1 Å². The lowest BCUT2D eigenvalue weighted by molar-refractivity contribution is -0.153. The summed E-state index contributed by atoms with van der Waals surface area (Å²) in [5, 5.41) is 0. The summed E-state index contributed by atoms with van der Waals surface area (Å²) >= 11 is 0. The fourth-order valence-electron chi connectivity index (χ4n) is 3.27. The van der Waals surface area contributed by atoms with Crippen molar-refractivity contribution < 1.29 is 47.7 Å². The zero-order chi connectivity index (χ0) is 35.8. The van der Waals surface area contributed by atoms with Gasteiger partial charge in [0, 0.05) is 16.7 Å². The molecule has 47 heavy (non-hydrogen) atoms. The van der Waals surface area contributed by atoms with Gasteiger partial charge in [-0.2, -0.15) is 0 Å². The highest BCUT2D eigenvalue weighted by Gasteiger charge is 2.19. The summed E-state index contributed by atoms with van der Waals surface area (Å²) in [5.74, 6) is -0.286. The van der Waals surface area contributed by atoms with Crippen molar-refractivity contribution in [3.05, 3.63) is 101 Å². The van der Waals surface area contributed by atoms with Gasteiger partial charge in [-0.05, 0) is 104 Å². The lowest BCUT2D eigenvalue weighted by atomic mass is 10.1. The molecule has 0 unspecified atom stereocenters. The Hall–Kier alpha value is -5.12. The lowest BCUT2D eigenvalue weighted by Crippen LogP contribution is -2.25. The van der Waals surface area contributed by atoms with Crippen molar-refractivity contribution in [2.75, 3.05) is 0 Å². The molecule has 0 atom stereocenters. The molecule has 0 N–H and O–H groups in total. The summed E-state index contributed by atoms with van der Waals surface area (Å²) in [6.45, 7) is 16.2. The third-order valence-electron chi connectivity index (χ3n) is 5.17. The number of carbonyl (C=O) groups excluding carboxylic acids is 6. The number of rotatable bonds is 7. The quantitative estimate of drug-likeness (QED) is 0.109. The molecule has 0 spiro atoms. The van der Waals surface area contributed by atoms with E-state index in [9.17, 15) is 28.8 Å². The molecule has 0 amide bonds. The van der Waals surface area contributed by atoms with E-state index in [0.29, 0.717) is 28.0 Å². The van der Waals surface area contributed by atoms with Crippen LogP contribution in [0.5, 0.6) is 5.75 Å². The molecular formula is C37H44O10. The van der Waals surface area contributed by atoms with E-state index in [2.05, 4.69) is 0 Å². The molecule has 0 aliphatic rings. The van der Waals surface area contributed by atoms with Crippen LogP contribution in [0.3, 0.4) is 0 Å². The minimum atomic E-state index is -0.758. The third kappa shape index (κ3) is 18.4. The Labute approximate surface area is 276 Å². The van der Waals surface area contributed by atoms with E-state index >= 15 is 0 Å². The fourth-order valence-corrected chi connectivity index (χ4v) is 3.27. The summed E-state index contributed by atoms with van der Waals surface area (Å²) < 4.78 is 20.2. The number of carbonyl (C=O) groups is 6. The number of aldehydes is 3. The van der Waals surface area contributed by atoms with Crippen LogP contribution in [-0.4, -0.2) is 53.8 Å². The van der Waals surface area contributed by atoms with Gasteiger partial charge < -0.3 is 18.9 Å². The van der Waals surface area contributed by atoms with E-state index in [4.69, 9.17) is 18.9 Å². The van der Waals surface area contributed by atoms with Crippen molar-refractivity contribution in [3.63, 3.8) is 0 Å². The molecule has 0 saturated heterocycles. The highest BCUT2D eigenvalue weighted by Crippen LogP contribution is 2.15. The van der Waals surface area contributed by atoms with Gasteiger partial charge in [0.15, 0.2) is 0 Å². The molecule has 0 aromatic heterocycles. The van der Waals surface area contributed by atoms with E-state index in [1.54, 1.807) is 81.4 Å². The Morgan fingerprint density at radius 2 is 0.915 bits per heavy atom. The predicted molar refractivity (Wildman–Crippen MR) is 177 cm³/mol. The summed E-state index contributed by atoms with van der Waals surface area (Å²) in [7, 11) is 0. The zero-order valence-electron chi connectivity index (χ0n) is 28.4. The van der Waals surface area contributed by atoms with E-state index in [-0.39, 0.29) is 18.4 Å². The second-order valence-corrected chi connectivity index (χ2v) is 13.1. The fraction of sp³-hybridized carbons (Fsp3) is 0.351. The third-order valence-corrected chi connectivity index (χ3v) is 5.17. The van der Waals surface area contributed by atoms with Crippen molar-refractivity contribution in [1.29, 1.82) is 0 Å².